The molecule has 2 rings (SSSR count). The lowest BCUT2D eigenvalue weighted by atomic mass is 9.85. The van der Waals surface area contributed by atoms with Gasteiger partial charge in [-0.1, -0.05) is 50.6 Å². The standard InChI is InChI=1S/C18H30N2/c1-4-14(2)18(16-8-6-5-7-9-16)13-19-15(3)12-20-17-10-11-17/h5-9,14-15,17-20H,4,10-13H2,1-3H3. The molecule has 3 atom stereocenters. The zero-order chi connectivity index (χ0) is 14.4. The molecular weight excluding hydrogens is 244 g/mol. The summed E-state index contributed by atoms with van der Waals surface area (Å²) < 4.78 is 0. The Balaban J connectivity index is 1.83. The molecule has 0 heterocycles. The van der Waals surface area contributed by atoms with E-state index in [9.17, 15) is 0 Å². The highest BCUT2D eigenvalue weighted by Gasteiger charge is 2.22. The average Bonchev–Trinajstić information content (AvgIpc) is 3.30. The summed E-state index contributed by atoms with van der Waals surface area (Å²) >= 11 is 0. The minimum Gasteiger partial charge on any atom is -0.312 e. The fourth-order valence-electron chi connectivity index (χ4n) is 2.66. The van der Waals surface area contributed by atoms with Crippen LogP contribution in [0.25, 0.3) is 0 Å². The molecule has 0 aromatic heterocycles. The zero-order valence-corrected chi connectivity index (χ0v) is 13.2. The predicted molar refractivity (Wildman–Crippen MR) is 87.1 cm³/mol. The lowest BCUT2D eigenvalue weighted by Gasteiger charge is -2.26. The highest BCUT2D eigenvalue weighted by molar-refractivity contribution is 5.20. The van der Waals surface area contributed by atoms with Crippen molar-refractivity contribution in [1.29, 1.82) is 0 Å². The minimum absolute atomic E-state index is 0.547. The van der Waals surface area contributed by atoms with Gasteiger partial charge >= 0.3 is 0 Å². The molecule has 20 heavy (non-hydrogen) atoms. The Morgan fingerprint density at radius 1 is 1.10 bits per heavy atom. The predicted octanol–water partition coefficient (Wildman–Crippen LogP) is 3.55. The molecule has 3 unspecified atom stereocenters. The van der Waals surface area contributed by atoms with Crippen LogP contribution in [-0.4, -0.2) is 25.2 Å². The summed E-state index contributed by atoms with van der Waals surface area (Å²) in [6.07, 6.45) is 3.97. The third-order valence-electron chi connectivity index (χ3n) is 4.53. The van der Waals surface area contributed by atoms with E-state index in [1.807, 2.05) is 0 Å². The Kier molecular flexibility index (Phi) is 6.06. The molecule has 1 saturated carbocycles. The van der Waals surface area contributed by atoms with Gasteiger partial charge in [0.15, 0.2) is 0 Å². The summed E-state index contributed by atoms with van der Waals surface area (Å²) in [5.41, 5.74) is 1.47. The fraction of sp³-hybridized carbons (Fsp3) is 0.667. The van der Waals surface area contributed by atoms with Gasteiger partial charge in [0.25, 0.3) is 0 Å². The van der Waals surface area contributed by atoms with Gasteiger partial charge in [0.05, 0.1) is 0 Å². The van der Waals surface area contributed by atoms with E-state index in [0.29, 0.717) is 17.9 Å². The van der Waals surface area contributed by atoms with Crippen LogP contribution in [0.15, 0.2) is 30.3 Å². The molecule has 2 N–H and O–H groups in total. The van der Waals surface area contributed by atoms with E-state index >= 15 is 0 Å². The first-order chi connectivity index (χ1) is 9.70. The van der Waals surface area contributed by atoms with E-state index in [4.69, 9.17) is 0 Å². The van der Waals surface area contributed by atoms with Crippen LogP contribution in [-0.2, 0) is 0 Å². The van der Waals surface area contributed by atoms with E-state index in [1.165, 1.54) is 24.8 Å². The van der Waals surface area contributed by atoms with Crippen molar-refractivity contribution in [3.05, 3.63) is 35.9 Å². The first-order valence-electron chi connectivity index (χ1n) is 8.22. The highest BCUT2D eigenvalue weighted by Crippen LogP contribution is 2.26. The van der Waals surface area contributed by atoms with Gasteiger partial charge in [-0.2, -0.15) is 0 Å². The van der Waals surface area contributed by atoms with Crippen LogP contribution < -0.4 is 10.6 Å². The molecular formula is C18H30N2. The Bertz CT molecular complexity index is 372. The molecule has 1 aromatic rings. The molecule has 1 aliphatic carbocycles. The van der Waals surface area contributed by atoms with Gasteiger partial charge in [0.2, 0.25) is 0 Å². The Morgan fingerprint density at radius 3 is 2.40 bits per heavy atom. The van der Waals surface area contributed by atoms with Crippen LogP contribution in [0.4, 0.5) is 0 Å². The van der Waals surface area contributed by atoms with Gasteiger partial charge in [-0.3, -0.25) is 0 Å². The summed E-state index contributed by atoms with van der Waals surface area (Å²) in [6.45, 7) is 9.11. The number of hydrogen-bond acceptors (Lipinski definition) is 2. The SMILES string of the molecule is CCC(C)C(CNC(C)CNC1CC1)c1ccccc1. The number of nitrogens with one attached hydrogen (secondary N) is 2. The first kappa shape index (κ1) is 15.5. The molecule has 1 fully saturated rings. The molecule has 2 heteroatoms. The van der Waals surface area contributed by atoms with Crippen LogP contribution >= 0.6 is 0 Å². The van der Waals surface area contributed by atoms with Gasteiger partial charge in [0.1, 0.15) is 0 Å². The van der Waals surface area contributed by atoms with Gasteiger partial charge in [-0.25, -0.2) is 0 Å². The van der Waals surface area contributed by atoms with Crippen LogP contribution in [0.2, 0.25) is 0 Å². The van der Waals surface area contributed by atoms with E-state index in [1.54, 1.807) is 0 Å². The summed E-state index contributed by atoms with van der Waals surface area (Å²) in [5, 5.41) is 7.32. The van der Waals surface area contributed by atoms with Crippen molar-refractivity contribution in [2.45, 2.75) is 58.0 Å². The average molecular weight is 274 g/mol. The van der Waals surface area contributed by atoms with E-state index in [2.05, 4.69) is 61.7 Å². The molecule has 0 amide bonds. The molecule has 112 valence electrons. The maximum Gasteiger partial charge on any atom is 0.0164 e. The van der Waals surface area contributed by atoms with Crippen molar-refractivity contribution >= 4 is 0 Å². The van der Waals surface area contributed by atoms with Crippen molar-refractivity contribution in [3.63, 3.8) is 0 Å². The van der Waals surface area contributed by atoms with Crippen molar-refractivity contribution in [3.8, 4) is 0 Å². The number of benzene rings is 1. The Morgan fingerprint density at radius 2 is 1.80 bits per heavy atom. The van der Waals surface area contributed by atoms with E-state index < -0.39 is 0 Å². The molecule has 0 radical (unpaired) electrons. The first-order valence-corrected chi connectivity index (χ1v) is 8.22. The van der Waals surface area contributed by atoms with Crippen LogP contribution in [0.5, 0.6) is 0 Å². The van der Waals surface area contributed by atoms with Crippen LogP contribution in [0.1, 0.15) is 51.5 Å². The van der Waals surface area contributed by atoms with Crippen LogP contribution in [0, 0.1) is 5.92 Å². The van der Waals surface area contributed by atoms with E-state index in [0.717, 1.165) is 19.1 Å². The molecule has 0 aliphatic heterocycles. The Hall–Kier alpha value is -0.860. The van der Waals surface area contributed by atoms with Crippen molar-refractivity contribution < 1.29 is 0 Å². The summed E-state index contributed by atoms with van der Waals surface area (Å²) in [7, 11) is 0. The molecule has 1 aromatic carbocycles. The van der Waals surface area contributed by atoms with Gasteiger partial charge < -0.3 is 10.6 Å². The van der Waals surface area contributed by atoms with Gasteiger partial charge in [-0.15, -0.1) is 0 Å². The highest BCUT2D eigenvalue weighted by atomic mass is 15.0. The zero-order valence-electron chi connectivity index (χ0n) is 13.2. The van der Waals surface area contributed by atoms with Crippen molar-refractivity contribution in [1.82, 2.24) is 10.6 Å². The fourth-order valence-corrected chi connectivity index (χ4v) is 2.66. The number of hydrogen-bond donors (Lipinski definition) is 2. The number of rotatable bonds is 9. The smallest absolute Gasteiger partial charge is 0.0164 e. The molecule has 0 spiro atoms. The second-order valence-corrected chi connectivity index (χ2v) is 6.39. The molecule has 1 aliphatic rings. The summed E-state index contributed by atoms with van der Waals surface area (Å²) in [4.78, 5) is 0. The maximum absolute atomic E-state index is 3.72. The minimum atomic E-state index is 0.547. The molecule has 2 nitrogen and oxygen atoms in total. The quantitative estimate of drug-likeness (QED) is 0.719. The lowest BCUT2D eigenvalue weighted by Crippen LogP contribution is -2.39. The van der Waals surface area contributed by atoms with E-state index in [-0.39, 0.29) is 0 Å². The lowest BCUT2D eigenvalue weighted by molar-refractivity contribution is 0.393. The second kappa shape index (κ2) is 7.80. The van der Waals surface area contributed by atoms with Gasteiger partial charge in [0, 0.05) is 25.2 Å². The third-order valence-corrected chi connectivity index (χ3v) is 4.53. The maximum atomic E-state index is 3.72. The third kappa shape index (κ3) is 4.92. The van der Waals surface area contributed by atoms with Crippen molar-refractivity contribution in [2.24, 2.45) is 5.92 Å². The molecule has 0 saturated heterocycles. The summed E-state index contributed by atoms with van der Waals surface area (Å²) in [6, 6.07) is 12.3. The largest absolute Gasteiger partial charge is 0.312 e. The van der Waals surface area contributed by atoms with Crippen molar-refractivity contribution in [2.75, 3.05) is 13.1 Å². The topological polar surface area (TPSA) is 24.1 Å². The Labute approximate surface area is 124 Å². The normalized spacial score (nSPS) is 19.6. The summed E-state index contributed by atoms with van der Waals surface area (Å²) in [5.74, 6) is 1.33. The second-order valence-electron chi connectivity index (χ2n) is 6.39. The molecule has 0 bridgehead atoms. The van der Waals surface area contributed by atoms with Gasteiger partial charge in [-0.05, 0) is 37.2 Å². The van der Waals surface area contributed by atoms with Crippen LogP contribution in [0.3, 0.4) is 0 Å². The monoisotopic (exact) mass is 274 g/mol.